The van der Waals surface area contributed by atoms with E-state index in [1.807, 2.05) is 0 Å². The minimum atomic E-state index is -0.754. The number of carbonyl (C=O) groups excluding carboxylic acids is 1. The molecule has 3 heterocycles. The van der Waals surface area contributed by atoms with Crippen LogP contribution in [0, 0.1) is 11.6 Å². The largest absolute Gasteiger partial charge is 0.336 e. The van der Waals surface area contributed by atoms with Gasteiger partial charge in [-0.15, -0.1) is 12.4 Å². The fraction of sp³-hybridized carbons (Fsp3) is 0.444. The first kappa shape index (κ1) is 18.8. The Labute approximate surface area is 156 Å². The Balaban J connectivity index is 0.00000196. The van der Waals surface area contributed by atoms with Crippen LogP contribution in [0.5, 0.6) is 0 Å². The van der Waals surface area contributed by atoms with E-state index in [0.29, 0.717) is 36.9 Å². The first-order valence-corrected chi connectivity index (χ1v) is 8.58. The molecule has 0 bridgehead atoms. The zero-order chi connectivity index (χ0) is 17.4. The highest BCUT2D eigenvalue weighted by Crippen LogP contribution is 2.32. The van der Waals surface area contributed by atoms with Gasteiger partial charge in [0.15, 0.2) is 0 Å². The van der Waals surface area contributed by atoms with Gasteiger partial charge < -0.3 is 10.2 Å². The lowest BCUT2D eigenvalue weighted by Crippen LogP contribution is -2.56. The fourth-order valence-corrected chi connectivity index (χ4v) is 3.96. The molecule has 1 aromatic carbocycles. The Morgan fingerprint density at radius 1 is 1.15 bits per heavy atom. The van der Waals surface area contributed by atoms with Crippen molar-refractivity contribution in [3.8, 4) is 0 Å². The van der Waals surface area contributed by atoms with Crippen LogP contribution in [0.3, 0.4) is 0 Å². The Morgan fingerprint density at radius 3 is 2.50 bits per heavy atom. The number of amides is 1. The summed E-state index contributed by atoms with van der Waals surface area (Å²) in [6, 6.07) is 4.09. The van der Waals surface area contributed by atoms with Crippen LogP contribution in [0.4, 0.5) is 8.78 Å². The molecule has 1 saturated heterocycles. The predicted molar refractivity (Wildman–Crippen MR) is 95.0 cm³/mol. The molecule has 1 amide bonds. The lowest BCUT2D eigenvalue weighted by Gasteiger charge is -2.41. The molecule has 0 aliphatic carbocycles. The summed E-state index contributed by atoms with van der Waals surface area (Å²) in [6.07, 6.45) is 5.06. The number of carbonyl (C=O) groups is 1. The van der Waals surface area contributed by atoms with E-state index in [4.69, 9.17) is 0 Å². The topological polar surface area (TPSA) is 50.2 Å². The summed E-state index contributed by atoms with van der Waals surface area (Å²) in [5.74, 6) is -0.911. The number of hydrogen-bond donors (Lipinski definition) is 1. The maximum atomic E-state index is 14.2. The molecule has 140 valence electrons. The summed E-state index contributed by atoms with van der Waals surface area (Å²) in [4.78, 5) is 15.1. The van der Waals surface area contributed by atoms with Crippen LogP contribution in [-0.4, -0.2) is 40.2 Å². The van der Waals surface area contributed by atoms with Crippen molar-refractivity contribution in [1.82, 2.24) is 20.0 Å². The smallest absolute Gasteiger partial charge is 0.250 e. The molecule has 0 atom stereocenters. The van der Waals surface area contributed by atoms with Gasteiger partial charge in [-0.2, -0.15) is 5.10 Å². The van der Waals surface area contributed by atoms with Gasteiger partial charge in [-0.3, -0.25) is 9.48 Å². The van der Waals surface area contributed by atoms with Crippen molar-refractivity contribution in [2.24, 2.45) is 0 Å². The van der Waals surface area contributed by atoms with E-state index in [-0.39, 0.29) is 24.9 Å². The number of hydrogen-bond acceptors (Lipinski definition) is 3. The normalized spacial score (nSPS) is 18.8. The molecule has 0 spiro atoms. The van der Waals surface area contributed by atoms with Gasteiger partial charge in [0.1, 0.15) is 17.2 Å². The number of fused-ring (bicyclic) bond motifs is 1. The molecular weight excluding hydrogens is 362 g/mol. The highest BCUT2D eigenvalue weighted by atomic mass is 35.5. The standard InChI is InChI=1S/C18H20F2N4O.ClH/c19-15-2-3-16(20)14-12-23(11-4-13(14)15)17(25)18(5-8-21-9-6-18)24-10-1-7-22-24;/h1-3,7,10,21H,4-6,8-9,11-12H2;1H. The van der Waals surface area contributed by atoms with Crippen LogP contribution < -0.4 is 5.32 Å². The Bertz CT molecular complexity index is 791. The molecular formula is C18H21ClF2N4O. The molecule has 0 saturated carbocycles. The molecule has 2 aromatic rings. The zero-order valence-electron chi connectivity index (χ0n) is 14.3. The molecule has 4 rings (SSSR count). The van der Waals surface area contributed by atoms with E-state index in [2.05, 4.69) is 10.4 Å². The van der Waals surface area contributed by atoms with Gasteiger partial charge in [-0.1, -0.05) is 0 Å². The summed E-state index contributed by atoms with van der Waals surface area (Å²) < 4.78 is 29.8. The highest BCUT2D eigenvalue weighted by Gasteiger charge is 2.45. The van der Waals surface area contributed by atoms with Gasteiger partial charge in [-0.05, 0) is 56.1 Å². The van der Waals surface area contributed by atoms with Gasteiger partial charge in [0.05, 0.1) is 0 Å². The number of nitrogens with one attached hydrogen (secondary N) is 1. The number of aromatic nitrogens is 2. The number of nitrogens with zero attached hydrogens (tertiary/aromatic N) is 3. The van der Waals surface area contributed by atoms with E-state index in [9.17, 15) is 13.6 Å². The van der Waals surface area contributed by atoms with Crippen LogP contribution in [0.2, 0.25) is 0 Å². The molecule has 2 aliphatic heterocycles. The number of rotatable bonds is 2. The average Bonchev–Trinajstić information content (AvgIpc) is 3.20. The summed E-state index contributed by atoms with van der Waals surface area (Å²) in [7, 11) is 0. The van der Waals surface area contributed by atoms with Gasteiger partial charge in [0.2, 0.25) is 0 Å². The third-order valence-electron chi connectivity index (χ3n) is 5.36. The van der Waals surface area contributed by atoms with Crippen molar-refractivity contribution in [3.05, 3.63) is 53.4 Å². The molecule has 1 aromatic heterocycles. The van der Waals surface area contributed by atoms with E-state index in [0.717, 1.165) is 25.2 Å². The second-order valence-corrected chi connectivity index (χ2v) is 6.70. The molecule has 2 aliphatic rings. The highest BCUT2D eigenvalue weighted by molar-refractivity contribution is 5.85. The lowest BCUT2D eigenvalue weighted by molar-refractivity contribution is -0.144. The van der Waals surface area contributed by atoms with Crippen LogP contribution in [-0.2, 0) is 23.3 Å². The molecule has 26 heavy (non-hydrogen) atoms. The monoisotopic (exact) mass is 382 g/mol. The number of piperidine rings is 1. The number of benzene rings is 1. The van der Waals surface area contributed by atoms with E-state index in [1.54, 1.807) is 28.0 Å². The van der Waals surface area contributed by atoms with Crippen molar-refractivity contribution in [3.63, 3.8) is 0 Å². The third kappa shape index (κ3) is 2.99. The van der Waals surface area contributed by atoms with Crippen molar-refractivity contribution in [2.45, 2.75) is 31.3 Å². The SMILES string of the molecule is Cl.O=C(N1CCc2c(F)ccc(F)c2C1)C1(n2cccn2)CCNCC1. The molecule has 5 nitrogen and oxygen atoms in total. The number of halogens is 3. The average molecular weight is 383 g/mol. The van der Waals surface area contributed by atoms with Crippen molar-refractivity contribution in [2.75, 3.05) is 19.6 Å². The van der Waals surface area contributed by atoms with E-state index >= 15 is 0 Å². The predicted octanol–water partition coefficient (Wildman–Crippen LogP) is 2.25. The first-order chi connectivity index (χ1) is 12.1. The third-order valence-corrected chi connectivity index (χ3v) is 5.36. The molecule has 0 unspecified atom stereocenters. The van der Waals surface area contributed by atoms with Gasteiger partial charge in [0, 0.05) is 31.0 Å². The zero-order valence-corrected chi connectivity index (χ0v) is 15.1. The van der Waals surface area contributed by atoms with Crippen LogP contribution in [0.1, 0.15) is 24.0 Å². The van der Waals surface area contributed by atoms with Crippen molar-refractivity contribution in [1.29, 1.82) is 0 Å². The lowest BCUT2D eigenvalue weighted by atomic mass is 9.85. The first-order valence-electron chi connectivity index (χ1n) is 8.58. The molecule has 8 heteroatoms. The summed E-state index contributed by atoms with van der Waals surface area (Å²) >= 11 is 0. The van der Waals surface area contributed by atoms with E-state index < -0.39 is 17.2 Å². The van der Waals surface area contributed by atoms with Crippen LogP contribution >= 0.6 is 12.4 Å². The Kier molecular flexibility index (Phi) is 5.29. The second-order valence-electron chi connectivity index (χ2n) is 6.70. The van der Waals surface area contributed by atoms with Crippen molar-refractivity contribution < 1.29 is 13.6 Å². The Morgan fingerprint density at radius 2 is 1.85 bits per heavy atom. The van der Waals surface area contributed by atoms with Crippen LogP contribution in [0.25, 0.3) is 0 Å². The second kappa shape index (κ2) is 7.32. The maximum Gasteiger partial charge on any atom is 0.250 e. The summed E-state index contributed by atoms with van der Waals surface area (Å²) in [5.41, 5.74) is -0.0672. The van der Waals surface area contributed by atoms with Crippen molar-refractivity contribution >= 4 is 18.3 Å². The molecule has 1 fully saturated rings. The summed E-state index contributed by atoms with van der Waals surface area (Å²) in [6.45, 7) is 1.94. The minimum absolute atomic E-state index is 0. The quantitative estimate of drug-likeness (QED) is 0.866. The Hall–Kier alpha value is -1.99. The van der Waals surface area contributed by atoms with Gasteiger partial charge in [-0.25, -0.2) is 8.78 Å². The van der Waals surface area contributed by atoms with Crippen LogP contribution in [0.15, 0.2) is 30.6 Å². The minimum Gasteiger partial charge on any atom is -0.336 e. The fourth-order valence-electron chi connectivity index (χ4n) is 3.96. The van der Waals surface area contributed by atoms with Gasteiger partial charge >= 0.3 is 0 Å². The van der Waals surface area contributed by atoms with Gasteiger partial charge in [0.25, 0.3) is 5.91 Å². The maximum absolute atomic E-state index is 14.2. The van der Waals surface area contributed by atoms with E-state index in [1.165, 1.54) is 0 Å². The molecule has 0 radical (unpaired) electrons. The summed E-state index contributed by atoms with van der Waals surface area (Å²) in [5, 5.41) is 7.58. The molecule has 1 N–H and O–H groups in total.